The molecule has 2 aromatic carbocycles. The van der Waals surface area contributed by atoms with Crippen LogP contribution in [0.25, 0.3) is 22.0 Å². The Hall–Kier alpha value is -2.95. The molecule has 0 aliphatic carbocycles. The molecule has 5 heteroatoms. The van der Waals surface area contributed by atoms with Crippen molar-refractivity contribution < 1.29 is 13.9 Å². The lowest BCUT2D eigenvalue weighted by molar-refractivity contribution is -0.120. The van der Waals surface area contributed by atoms with Crippen LogP contribution in [0.15, 0.2) is 48.5 Å². The number of fused-ring (bicyclic) bond motifs is 1. The highest BCUT2D eigenvalue weighted by Gasteiger charge is 2.26. The average molecular weight is 352 g/mol. The van der Waals surface area contributed by atoms with Gasteiger partial charge in [0.25, 0.3) is 0 Å². The molecule has 0 radical (unpaired) electrons. The van der Waals surface area contributed by atoms with Gasteiger partial charge in [-0.15, -0.1) is 0 Å². The molecule has 1 aromatic heterocycles. The van der Waals surface area contributed by atoms with Crippen molar-refractivity contribution in [2.75, 3.05) is 7.11 Å². The molecule has 0 saturated carbocycles. The Labute approximate surface area is 151 Å². The second-order valence-electron chi connectivity index (χ2n) is 6.59. The zero-order valence-corrected chi connectivity index (χ0v) is 15.0. The van der Waals surface area contributed by atoms with Crippen molar-refractivity contribution in [1.29, 1.82) is 0 Å². The molecule has 1 amide bonds. The normalized spacial score (nSPS) is 12.3. The summed E-state index contributed by atoms with van der Waals surface area (Å²) >= 11 is 0. The fourth-order valence-corrected chi connectivity index (χ4v) is 3.25. The second-order valence-corrected chi connectivity index (χ2v) is 6.59. The molecule has 26 heavy (non-hydrogen) atoms. The number of halogens is 1. The van der Waals surface area contributed by atoms with Gasteiger partial charge >= 0.3 is 0 Å². The topological polar surface area (TPSA) is 65.2 Å². The largest absolute Gasteiger partial charge is 0.481 e. The van der Waals surface area contributed by atoms with E-state index in [4.69, 9.17) is 10.5 Å². The van der Waals surface area contributed by atoms with E-state index in [0.717, 1.165) is 10.9 Å². The lowest BCUT2D eigenvalue weighted by Gasteiger charge is -2.20. The Morgan fingerprint density at radius 1 is 1.15 bits per heavy atom. The van der Waals surface area contributed by atoms with Crippen LogP contribution in [0.1, 0.15) is 25.3 Å². The van der Waals surface area contributed by atoms with Gasteiger partial charge in [0.15, 0.2) is 0 Å². The van der Waals surface area contributed by atoms with E-state index in [0.29, 0.717) is 22.5 Å². The minimum Gasteiger partial charge on any atom is -0.481 e. The first-order chi connectivity index (χ1) is 12.4. The Balaban J connectivity index is 2.10. The zero-order valence-electron chi connectivity index (χ0n) is 15.0. The molecular formula is C21H21FN2O2. The lowest BCUT2D eigenvalue weighted by Crippen LogP contribution is -2.26. The third kappa shape index (κ3) is 3.25. The van der Waals surface area contributed by atoms with Crippen molar-refractivity contribution in [3.63, 3.8) is 0 Å². The molecular weight excluding hydrogens is 331 g/mol. The molecule has 3 rings (SSSR count). The molecule has 1 atom stereocenters. The third-order valence-corrected chi connectivity index (χ3v) is 4.52. The maximum absolute atomic E-state index is 14.1. The third-order valence-electron chi connectivity index (χ3n) is 4.52. The van der Waals surface area contributed by atoms with Gasteiger partial charge < -0.3 is 10.5 Å². The first-order valence-corrected chi connectivity index (χ1v) is 8.45. The Morgan fingerprint density at radius 3 is 2.58 bits per heavy atom. The van der Waals surface area contributed by atoms with Crippen molar-refractivity contribution in [1.82, 2.24) is 4.98 Å². The highest BCUT2D eigenvalue weighted by Crippen LogP contribution is 2.33. The van der Waals surface area contributed by atoms with Gasteiger partial charge in [-0.3, -0.25) is 4.79 Å². The van der Waals surface area contributed by atoms with E-state index in [9.17, 15) is 9.18 Å². The number of nitrogens with zero attached hydrogens (tertiary/aromatic N) is 1. The molecule has 4 nitrogen and oxygen atoms in total. The minimum atomic E-state index is -0.486. The molecule has 1 heterocycles. The van der Waals surface area contributed by atoms with E-state index in [1.54, 1.807) is 18.2 Å². The summed E-state index contributed by atoms with van der Waals surface area (Å²) < 4.78 is 19.5. The van der Waals surface area contributed by atoms with E-state index in [1.807, 2.05) is 38.1 Å². The van der Waals surface area contributed by atoms with Gasteiger partial charge in [0, 0.05) is 16.5 Å². The molecule has 134 valence electrons. The maximum Gasteiger partial charge on any atom is 0.225 e. The number of hydrogen-bond donors (Lipinski definition) is 1. The van der Waals surface area contributed by atoms with Crippen molar-refractivity contribution in [3.8, 4) is 17.1 Å². The van der Waals surface area contributed by atoms with E-state index in [2.05, 4.69) is 4.98 Å². The second kappa shape index (κ2) is 7.12. The molecule has 0 fully saturated rings. The van der Waals surface area contributed by atoms with Crippen LogP contribution in [-0.2, 0) is 4.79 Å². The van der Waals surface area contributed by atoms with Crippen molar-refractivity contribution in [3.05, 3.63) is 59.9 Å². The number of carbonyl (C=O) groups excluding carboxylic acids is 1. The summed E-state index contributed by atoms with van der Waals surface area (Å²) in [5.41, 5.74) is 7.63. The van der Waals surface area contributed by atoms with E-state index < -0.39 is 11.8 Å². The number of rotatable bonds is 5. The van der Waals surface area contributed by atoms with Crippen LogP contribution in [0.4, 0.5) is 4.39 Å². The molecule has 3 aromatic rings. The average Bonchev–Trinajstić information content (AvgIpc) is 2.61. The Morgan fingerprint density at radius 2 is 1.92 bits per heavy atom. The van der Waals surface area contributed by atoms with Gasteiger partial charge in [-0.1, -0.05) is 44.2 Å². The predicted molar refractivity (Wildman–Crippen MR) is 100 cm³/mol. The van der Waals surface area contributed by atoms with Crippen LogP contribution >= 0.6 is 0 Å². The predicted octanol–water partition coefficient (Wildman–Crippen LogP) is 4.27. The number of aromatic nitrogens is 1. The summed E-state index contributed by atoms with van der Waals surface area (Å²) in [5, 5.41) is 1.36. The summed E-state index contributed by atoms with van der Waals surface area (Å²) in [6.45, 7) is 3.85. The summed E-state index contributed by atoms with van der Waals surface area (Å²) in [4.78, 5) is 16.4. The van der Waals surface area contributed by atoms with Crippen molar-refractivity contribution in [2.45, 2.75) is 19.8 Å². The van der Waals surface area contributed by atoms with E-state index >= 15 is 0 Å². The number of nitrogens with two attached hydrogens (primary N) is 1. The maximum atomic E-state index is 14.1. The first kappa shape index (κ1) is 17.9. The minimum absolute atomic E-state index is 0.0174. The van der Waals surface area contributed by atoms with Crippen LogP contribution in [0.5, 0.6) is 5.88 Å². The number of amides is 1. The van der Waals surface area contributed by atoms with Gasteiger partial charge in [0.2, 0.25) is 11.8 Å². The SMILES string of the molecule is COc1nc(-c2ccc3cccc(F)c3c2)ccc1C(C(N)=O)C(C)C. The van der Waals surface area contributed by atoms with Gasteiger partial charge in [-0.2, -0.15) is 0 Å². The van der Waals surface area contributed by atoms with Gasteiger partial charge in [0.05, 0.1) is 18.7 Å². The van der Waals surface area contributed by atoms with Crippen LogP contribution < -0.4 is 10.5 Å². The smallest absolute Gasteiger partial charge is 0.225 e. The number of ether oxygens (including phenoxy) is 1. The molecule has 0 spiro atoms. The number of carbonyl (C=O) groups is 1. The Bertz CT molecular complexity index is 969. The monoisotopic (exact) mass is 352 g/mol. The van der Waals surface area contributed by atoms with E-state index in [-0.39, 0.29) is 11.7 Å². The molecule has 0 saturated heterocycles. The number of primary amides is 1. The summed E-state index contributed by atoms with van der Waals surface area (Å²) in [6, 6.07) is 14.1. The lowest BCUT2D eigenvalue weighted by atomic mass is 9.88. The van der Waals surface area contributed by atoms with Gasteiger partial charge in [-0.25, -0.2) is 9.37 Å². The number of hydrogen-bond acceptors (Lipinski definition) is 3. The van der Waals surface area contributed by atoms with Crippen molar-refractivity contribution in [2.24, 2.45) is 11.7 Å². The van der Waals surface area contributed by atoms with Gasteiger partial charge in [0.1, 0.15) is 5.82 Å². The van der Waals surface area contributed by atoms with Crippen LogP contribution in [-0.4, -0.2) is 18.0 Å². The Kier molecular flexibility index (Phi) is 4.89. The number of methoxy groups -OCH3 is 1. The fourth-order valence-electron chi connectivity index (χ4n) is 3.25. The van der Waals surface area contributed by atoms with Gasteiger partial charge in [-0.05, 0) is 29.5 Å². The fraction of sp³-hybridized carbons (Fsp3) is 0.238. The van der Waals surface area contributed by atoms with Crippen LogP contribution in [0.3, 0.4) is 0 Å². The van der Waals surface area contributed by atoms with Crippen LogP contribution in [0, 0.1) is 11.7 Å². The quantitative estimate of drug-likeness (QED) is 0.745. The molecule has 0 aliphatic rings. The number of benzene rings is 2. The standard InChI is InChI=1S/C21H21FN2O2/c1-12(2)19(20(23)25)15-9-10-18(24-21(15)26-3)14-8-7-13-5-4-6-17(22)16(13)11-14/h4-12,19H,1-3H3,(H2,23,25). The molecule has 0 bridgehead atoms. The van der Waals surface area contributed by atoms with Crippen LogP contribution in [0.2, 0.25) is 0 Å². The highest BCUT2D eigenvalue weighted by molar-refractivity contribution is 5.87. The first-order valence-electron chi connectivity index (χ1n) is 8.45. The summed E-state index contributed by atoms with van der Waals surface area (Å²) in [5.74, 6) is -0.805. The van der Waals surface area contributed by atoms with E-state index in [1.165, 1.54) is 13.2 Å². The molecule has 0 aliphatic heterocycles. The summed E-state index contributed by atoms with van der Waals surface area (Å²) in [6.07, 6.45) is 0. The zero-order chi connectivity index (χ0) is 18.8. The highest BCUT2D eigenvalue weighted by atomic mass is 19.1. The summed E-state index contributed by atoms with van der Waals surface area (Å²) in [7, 11) is 1.51. The number of pyridine rings is 1. The van der Waals surface area contributed by atoms with Crippen molar-refractivity contribution >= 4 is 16.7 Å². The molecule has 2 N–H and O–H groups in total. The molecule has 1 unspecified atom stereocenters.